The maximum atomic E-state index is 3.58. The van der Waals surface area contributed by atoms with Crippen LogP contribution < -0.4 is 5.32 Å². The van der Waals surface area contributed by atoms with E-state index in [9.17, 15) is 0 Å². The highest BCUT2D eigenvalue weighted by atomic mass is 32.2. The molecule has 1 rings (SSSR count). The van der Waals surface area contributed by atoms with Crippen LogP contribution >= 0.6 is 11.8 Å². The van der Waals surface area contributed by atoms with Crippen molar-refractivity contribution in [1.29, 1.82) is 0 Å². The molecule has 0 aliphatic carbocycles. The van der Waals surface area contributed by atoms with Crippen molar-refractivity contribution in [2.24, 2.45) is 11.8 Å². The van der Waals surface area contributed by atoms with E-state index in [1.165, 1.54) is 17.9 Å². The topological polar surface area (TPSA) is 15.3 Å². The molecule has 3 heteroatoms. The molecule has 3 unspecified atom stereocenters. The Kier molecular flexibility index (Phi) is 6.90. The van der Waals surface area contributed by atoms with Gasteiger partial charge in [0.25, 0.3) is 0 Å². The summed E-state index contributed by atoms with van der Waals surface area (Å²) < 4.78 is 0. The standard InChI is InChI=1S/C14H30N2S/c1-11(2)8-15-9-12(3)13(4)16(5)14-6-7-17-10-14/h11-15H,6-10H2,1-5H3. The average Bonchev–Trinajstić information content (AvgIpc) is 2.79. The van der Waals surface area contributed by atoms with Gasteiger partial charge >= 0.3 is 0 Å². The largest absolute Gasteiger partial charge is 0.316 e. The molecule has 17 heavy (non-hydrogen) atoms. The van der Waals surface area contributed by atoms with Crippen molar-refractivity contribution < 1.29 is 0 Å². The predicted molar refractivity (Wildman–Crippen MR) is 79.8 cm³/mol. The van der Waals surface area contributed by atoms with Gasteiger partial charge in [-0.15, -0.1) is 0 Å². The quantitative estimate of drug-likeness (QED) is 0.756. The SMILES string of the molecule is CC(C)CNCC(C)C(C)N(C)C1CCSC1. The van der Waals surface area contributed by atoms with Gasteiger partial charge < -0.3 is 5.32 Å². The number of nitrogens with one attached hydrogen (secondary N) is 1. The number of rotatable bonds is 7. The summed E-state index contributed by atoms with van der Waals surface area (Å²) in [4.78, 5) is 2.60. The van der Waals surface area contributed by atoms with Gasteiger partial charge in [-0.05, 0) is 51.1 Å². The highest BCUT2D eigenvalue weighted by Crippen LogP contribution is 2.24. The van der Waals surface area contributed by atoms with Gasteiger partial charge in [0.15, 0.2) is 0 Å². The first kappa shape index (κ1) is 15.3. The summed E-state index contributed by atoms with van der Waals surface area (Å²) in [6.07, 6.45) is 1.37. The lowest BCUT2D eigenvalue weighted by atomic mass is 10.0. The molecule has 0 bridgehead atoms. The van der Waals surface area contributed by atoms with Crippen LogP contribution in [-0.2, 0) is 0 Å². The lowest BCUT2D eigenvalue weighted by molar-refractivity contribution is 0.152. The Morgan fingerprint density at radius 2 is 1.94 bits per heavy atom. The molecule has 0 saturated carbocycles. The van der Waals surface area contributed by atoms with Crippen LogP contribution in [0.2, 0.25) is 0 Å². The van der Waals surface area contributed by atoms with Gasteiger partial charge in [0.05, 0.1) is 0 Å². The molecule has 2 nitrogen and oxygen atoms in total. The fraction of sp³-hybridized carbons (Fsp3) is 1.00. The summed E-state index contributed by atoms with van der Waals surface area (Å²) in [5.74, 6) is 4.15. The van der Waals surface area contributed by atoms with Crippen molar-refractivity contribution in [3.63, 3.8) is 0 Å². The molecule has 1 heterocycles. The number of hydrogen-bond acceptors (Lipinski definition) is 3. The maximum Gasteiger partial charge on any atom is 0.0194 e. The third-order valence-corrected chi connectivity index (χ3v) is 5.11. The van der Waals surface area contributed by atoms with Gasteiger partial charge in [0, 0.05) is 17.8 Å². The van der Waals surface area contributed by atoms with Crippen LogP contribution in [-0.4, -0.2) is 48.6 Å². The summed E-state index contributed by atoms with van der Waals surface area (Å²) >= 11 is 2.10. The summed E-state index contributed by atoms with van der Waals surface area (Å²) in [5, 5.41) is 3.58. The number of nitrogens with zero attached hydrogens (tertiary/aromatic N) is 1. The van der Waals surface area contributed by atoms with Crippen molar-refractivity contribution in [1.82, 2.24) is 10.2 Å². The van der Waals surface area contributed by atoms with Gasteiger partial charge in [0.2, 0.25) is 0 Å². The fourth-order valence-corrected chi connectivity index (χ4v) is 3.63. The van der Waals surface area contributed by atoms with Crippen LogP contribution in [0.15, 0.2) is 0 Å². The third-order valence-electron chi connectivity index (χ3n) is 3.97. The number of thioether (sulfide) groups is 1. The molecule has 3 atom stereocenters. The van der Waals surface area contributed by atoms with Gasteiger partial charge in [0.1, 0.15) is 0 Å². The average molecular weight is 258 g/mol. The summed E-state index contributed by atoms with van der Waals surface area (Å²) in [6.45, 7) is 11.6. The van der Waals surface area contributed by atoms with E-state index in [1.807, 2.05) is 0 Å². The summed E-state index contributed by atoms with van der Waals surface area (Å²) in [7, 11) is 2.31. The van der Waals surface area contributed by atoms with Crippen molar-refractivity contribution in [3.8, 4) is 0 Å². The molecule has 0 aromatic carbocycles. The first-order chi connectivity index (χ1) is 8.02. The zero-order chi connectivity index (χ0) is 12.8. The maximum absolute atomic E-state index is 3.58. The Morgan fingerprint density at radius 1 is 1.24 bits per heavy atom. The lowest BCUT2D eigenvalue weighted by Gasteiger charge is -2.34. The second-order valence-electron chi connectivity index (χ2n) is 5.95. The van der Waals surface area contributed by atoms with Crippen LogP contribution in [0.5, 0.6) is 0 Å². The van der Waals surface area contributed by atoms with E-state index >= 15 is 0 Å². The van der Waals surface area contributed by atoms with Crippen molar-refractivity contribution >= 4 is 11.8 Å². The highest BCUT2D eigenvalue weighted by molar-refractivity contribution is 7.99. The summed E-state index contributed by atoms with van der Waals surface area (Å²) in [5.41, 5.74) is 0. The highest BCUT2D eigenvalue weighted by Gasteiger charge is 2.26. The molecule has 1 aliphatic rings. The predicted octanol–water partition coefficient (Wildman–Crippen LogP) is 2.69. The Bertz CT molecular complexity index is 202. The molecular formula is C14H30N2S. The van der Waals surface area contributed by atoms with Crippen molar-refractivity contribution in [2.75, 3.05) is 31.6 Å². The van der Waals surface area contributed by atoms with Gasteiger partial charge in [-0.2, -0.15) is 11.8 Å². The molecule has 1 saturated heterocycles. The second-order valence-corrected chi connectivity index (χ2v) is 7.10. The monoisotopic (exact) mass is 258 g/mol. The van der Waals surface area contributed by atoms with E-state index in [-0.39, 0.29) is 0 Å². The minimum Gasteiger partial charge on any atom is -0.316 e. The summed E-state index contributed by atoms with van der Waals surface area (Å²) in [6, 6.07) is 1.49. The van der Waals surface area contributed by atoms with E-state index < -0.39 is 0 Å². The van der Waals surface area contributed by atoms with Crippen LogP contribution in [0.1, 0.15) is 34.1 Å². The molecule has 0 aromatic heterocycles. The van der Waals surface area contributed by atoms with Gasteiger partial charge in [-0.3, -0.25) is 4.90 Å². The molecule has 102 valence electrons. The minimum absolute atomic E-state index is 0.679. The minimum atomic E-state index is 0.679. The Hall–Kier alpha value is 0.270. The van der Waals surface area contributed by atoms with Crippen LogP contribution in [0.3, 0.4) is 0 Å². The normalized spacial score (nSPS) is 24.5. The van der Waals surface area contributed by atoms with E-state index in [4.69, 9.17) is 0 Å². The van der Waals surface area contributed by atoms with Crippen molar-refractivity contribution in [2.45, 2.75) is 46.2 Å². The first-order valence-electron chi connectivity index (χ1n) is 7.02. The molecule has 0 aromatic rings. The fourth-order valence-electron chi connectivity index (χ4n) is 2.35. The molecule has 1 N–H and O–H groups in total. The van der Waals surface area contributed by atoms with Crippen LogP contribution in [0.4, 0.5) is 0 Å². The van der Waals surface area contributed by atoms with E-state index in [1.54, 1.807) is 0 Å². The Balaban J connectivity index is 2.26. The lowest BCUT2D eigenvalue weighted by Crippen LogP contribution is -2.44. The van der Waals surface area contributed by atoms with Crippen molar-refractivity contribution in [3.05, 3.63) is 0 Å². The van der Waals surface area contributed by atoms with E-state index in [2.05, 4.69) is 56.7 Å². The van der Waals surface area contributed by atoms with Crippen LogP contribution in [0.25, 0.3) is 0 Å². The van der Waals surface area contributed by atoms with Crippen LogP contribution in [0, 0.1) is 11.8 Å². The molecule has 0 spiro atoms. The molecule has 1 aliphatic heterocycles. The second kappa shape index (κ2) is 7.65. The molecular weight excluding hydrogens is 228 g/mol. The van der Waals surface area contributed by atoms with Gasteiger partial charge in [-0.25, -0.2) is 0 Å². The zero-order valence-electron chi connectivity index (χ0n) is 12.2. The first-order valence-corrected chi connectivity index (χ1v) is 8.18. The van der Waals surface area contributed by atoms with E-state index in [0.717, 1.165) is 31.0 Å². The molecule has 1 fully saturated rings. The molecule has 0 radical (unpaired) electrons. The molecule has 0 amide bonds. The zero-order valence-corrected chi connectivity index (χ0v) is 13.0. The van der Waals surface area contributed by atoms with E-state index in [0.29, 0.717) is 6.04 Å². The smallest absolute Gasteiger partial charge is 0.0194 e. The Morgan fingerprint density at radius 3 is 2.47 bits per heavy atom. The number of hydrogen-bond donors (Lipinski definition) is 1. The van der Waals surface area contributed by atoms with Gasteiger partial charge in [-0.1, -0.05) is 20.8 Å². The Labute approximate surface area is 112 Å². The third kappa shape index (κ3) is 5.19.